The molecule has 87 valence electrons. The third-order valence-corrected chi connectivity index (χ3v) is 3.78. The zero-order chi connectivity index (χ0) is 12.3. The van der Waals surface area contributed by atoms with E-state index >= 15 is 0 Å². The second-order valence-electron chi connectivity index (χ2n) is 3.36. The van der Waals surface area contributed by atoms with Gasteiger partial charge in [0, 0.05) is 23.5 Å². The molecule has 1 radical (unpaired) electrons. The Morgan fingerprint density at radius 3 is 2.76 bits per heavy atom. The smallest absolute Gasteiger partial charge is 0.240 e. The van der Waals surface area contributed by atoms with Crippen LogP contribution in [0.3, 0.4) is 0 Å². The van der Waals surface area contributed by atoms with Crippen LogP contribution < -0.4 is 4.72 Å². The van der Waals surface area contributed by atoms with Gasteiger partial charge in [-0.25, -0.2) is 13.1 Å². The summed E-state index contributed by atoms with van der Waals surface area (Å²) in [5, 5.41) is 0. The van der Waals surface area contributed by atoms with Gasteiger partial charge in [-0.2, -0.15) is 0 Å². The summed E-state index contributed by atoms with van der Waals surface area (Å²) in [6, 6.07) is 11.4. The average Bonchev–Trinajstić information content (AvgIpc) is 2.40. The Hall–Kier alpha value is -1.72. The zero-order valence-electron chi connectivity index (χ0n) is 9.21. The van der Waals surface area contributed by atoms with Crippen LogP contribution in [0.1, 0.15) is 0 Å². The number of rotatable bonds is 3. The molecule has 0 atom stereocenters. The molecule has 5 heteroatoms. The van der Waals surface area contributed by atoms with E-state index in [4.69, 9.17) is 0 Å². The van der Waals surface area contributed by atoms with Crippen LogP contribution in [0.2, 0.25) is 0 Å². The number of hydrogen-bond acceptors (Lipinski definition) is 3. The van der Waals surface area contributed by atoms with E-state index in [2.05, 4.69) is 15.8 Å². The zero-order valence-corrected chi connectivity index (χ0v) is 10.0. The lowest BCUT2D eigenvalue weighted by Gasteiger charge is -2.08. The molecule has 0 unspecified atom stereocenters. The molecule has 0 spiro atoms. The van der Waals surface area contributed by atoms with E-state index in [1.807, 2.05) is 0 Å². The number of aromatic nitrogens is 1. The molecule has 1 aromatic heterocycles. The minimum atomic E-state index is -3.49. The van der Waals surface area contributed by atoms with E-state index in [1.165, 1.54) is 7.05 Å². The molecule has 0 aliphatic carbocycles. The van der Waals surface area contributed by atoms with Crippen molar-refractivity contribution >= 4 is 10.0 Å². The van der Waals surface area contributed by atoms with Gasteiger partial charge < -0.3 is 0 Å². The quantitative estimate of drug-likeness (QED) is 0.893. The number of sulfonamides is 1. The molecule has 0 bridgehead atoms. The minimum Gasteiger partial charge on any atom is -0.264 e. The molecule has 0 aliphatic heterocycles. The molecule has 2 rings (SSSR count). The van der Waals surface area contributed by atoms with Crippen molar-refractivity contribution < 1.29 is 8.42 Å². The minimum absolute atomic E-state index is 0.204. The van der Waals surface area contributed by atoms with Gasteiger partial charge in [-0.1, -0.05) is 18.2 Å². The van der Waals surface area contributed by atoms with Crippen molar-refractivity contribution in [1.29, 1.82) is 0 Å². The maximum atomic E-state index is 11.8. The van der Waals surface area contributed by atoms with E-state index in [9.17, 15) is 8.42 Å². The first-order chi connectivity index (χ1) is 8.15. The van der Waals surface area contributed by atoms with Crippen molar-refractivity contribution in [3.05, 3.63) is 48.8 Å². The Balaban J connectivity index is 2.65. The molecular weight excluding hydrogens is 236 g/mol. The molecule has 0 amide bonds. The molecule has 0 fully saturated rings. The van der Waals surface area contributed by atoms with Gasteiger partial charge in [-0.15, -0.1) is 0 Å². The lowest BCUT2D eigenvalue weighted by molar-refractivity contribution is 0.588. The first kappa shape index (κ1) is 11.8. The van der Waals surface area contributed by atoms with Crippen LogP contribution in [0.15, 0.2) is 47.6 Å². The lowest BCUT2D eigenvalue weighted by atomic mass is 10.1. The Labute approximate surface area is 100 Å². The summed E-state index contributed by atoms with van der Waals surface area (Å²) in [7, 11) is -2.10. The Bertz CT molecular complexity index is 609. The fourth-order valence-corrected chi connectivity index (χ4v) is 2.41. The average molecular weight is 247 g/mol. The first-order valence-electron chi connectivity index (χ1n) is 5.00. The maximum Gasteiger partial charge on any atom is 0.240 e. The molecular formula is C12H11N2O2S. The van der Waals surface area contributed by atoms with Gasteiger partial charge in [0.1, 0.15) is 0 Å². The highest BCUT2D eigenvalue weighted by atomic mass is 32.2. The van der Waals surface area contributed by atoms with E-state index < -0.39 is 10.0 Å². The van der Waals surface area contributed by atoms with Gasteiger partial charge in [0.05, 0.1) is 4.90 Å². The molecule has 1 N–H and O–H groups in total. The largest absolute Gasteiger partial charge is 0.264 e. The summed E-state index contributed by atoms with van der Waals surface area (Å²) >= 11 is 0. The number of nitrogens with zero attached hydrogens (tertiary/aromatic N) is 1. The summed E-state index contributed by atoms with van der Waals surface area (Å²) in [5.74, 6) is 0. The second kappa shape index (κ2) is 4.65. The summed E-state index contributed by atoms with van der Waals surface area (Å²) in [5.41, 5.74) is 1.25. The third kappa shape index (κ3) is 2.35. The Morgan fingerprint density at radius 2 is 2.12 bits per heavy atom. The number of nitrogens with one attached hydrogen (secondary N) is 1. The van der Waals surface area contributed by atoms with Crippen molar-refractivity contribution in [3.8, 4) is 11.1 Å². The monoisotopic (exact) mass is 247 g/mol. The van der Waals surface area contributed by atoms with E-state index in [0.29, 0.717) is 5.56 Å². The standard InChI is InChI=1S/C12H11N2O2S/c1-13-17(15,16)12-7-3-2-6-11(12)10-5-4-8-14-9-10/h2-5,7-9,13H,1H3. The van der Waals surface area contributed by atoms with E-state index in [-0.39, 0.29) is 4.90 Å². The third-order valence-electron chi connectivity index (χ3n) is 2.33. The van der Waals surface area contributed by atoms with Gasteiger partial charge in [0.2, 0.25) is 10.0 Å². The summed E-state index contributed by atoms with van der Waals surface area (Å²) < 4.78 is 26.0. The van der Waals surface area contributed by atoms with Crippen LogP contribution in [0.25, 0.3) is 11.1 Å². The van der Waals surface area contributed by atoms with Gasteiger partial charge >= 0.3 is 0 Å². The number of benzene rings is 1. The van der Waals surface area contributed by atoms with Crippen molar-refractivity contribution in [2.24, 2.45) is 0 Å². The van der Waals surface area contributed by atoms with E-state index in [1.54, 1.807) is 42.7 Å². The highest BCUT2D eigenvalue weighted by Crippen LogP contribution is 2.25. The lowest BCUT2D eigenvalue weighted by Crippen LogP contribution is -2.19. The van der Waals surface area contributed by atoms with Gasteiger partial charge in [-0.3, -0.25) is 4.98 Å². The molecule has 0 saturated heterocycles. The van der Waals surface area contributed by atoms with Crippen molar-refractivity contribution in [3.63, 3.8) is 0 Å². The first-order valence-corrected chi connectivity index (χ1v) is 6.48. The molecule has 4 nitrogen and oxygen atoms in total. The molecule has 17 heavy (non-hydrogen) atoms. The fraction of sp³-hybridized carbons (Fsp3) is 0.0833. The highest BCUT2D eigenvalue weighted by molar-refractivity contribution is 7.89. The van der Waals surface area contributed by atoms with Crippen LogP contribution in [0.5, 0.6) is 0 Å². The summed E-state index contributed by atoms with van der Waals surface area (Å²) in [4.78, 5) is 4.18. The van der Waals surface area contributed by atoms with Crippen molar-refractivity contribution in [2.45, 2.75) is 4.90 Å². The summed E-state index contributed by atoms with van der Waals surface area (Å²) in [6.07, 6.45) is 3.25. The normalized spacial score (nSPS) is 11.4. The topological polar surface area (TPSA) is 59.1 Å². The van der Waals surface area contributed by atoms with Gasteiger partial charge in [-0.05, 0) is 25.2 Å². The Kier molecular flexibility index (Phi) is 3.21. The number of hydrogen-bond donors (Lipinski definition) is 1. The second-order valence-corrected chi connectivity index (χ2v) is 5.21. The maximum absolute atomic E-state index is 11.8. The highest BCUT2D eigenvalue weighted by Gasteiger charge is 2.16. The van der Waals surface area contributed by atoms with Crippen LogP contribution in [0.4, 0.5) is 0 Å². The predicted molar refractivity (Wildman–Crippen MR) is 64.8 cm³/mol. The Morgan fingerprint density at radius 1 is 1.29 bits per heavy atom. The van der Waals surface area contributed by atoms with Crippen molar-refractivity contribution in [1.82, 2.24) is 9.71 Å². The molecule has 0 aliphatic rings. The SMILES string of the molecule is CNS(=O)(=O)c1ccc[c]c1-c1cccnc1. The van der Waals surface area contributed by atoms with Gasteiger partial charge in [0.15, 0.2) is 0 Å². The van der Waals surface area contributed by atoms with E-state index in [0.717, 1.165) is 5.56 Å². The molecule has 0 saturated carbocycles. The van der Waals surface area contributed by atoms with Crippen LogP contribution in [0, 0.1) is 6.07 Å². The molecule has 1 aromatic carbocycles. The van der Waals surface area contributed by atoms with Crippen LogP contribution in [-0.2, 0) is 10.0 Å². The summed E-state index contributed by atoms with van der Waals surface area (Å²) in [6.45, 7) is 0. The fourth-order valence-electron chi connectivity index (χ4n) is 1.49. The van der Waals surface area contributed by atoms with Crippen LogP contribution >= 0.6 is 0 Å². The molecule has 2 aromatic rings. The molecule has 1 heterocycles. The predicted octanol–water partition coefficient (Wildman–Crippen LogP) is 1.46. The number of pyridine rings is 1. The van der Waals surface area contributed by atoms with Gasteiger partial charge in [0.25, 0.3) is 0 Å². The van der Waals surface area contributed by atoms with Crippen molar-refractivity contribution in [2.75, 3.05) is 7.05 Å². The van der Waals surface area contributed by atoms with Crippen LogP contribution in [-0.4, -0.2) is 20.4 Å².